The van der Waals surface area contributed by atoms with Gasteiger partial charge in [0.05, 0.1) is 5.92 Å². The predicted octanol–water partition coefficient (Wildman–Crippen LogP) is 3.83. The molecule has 0 aliphatic heterocycles. The average molecular weight is 265 g/mol. The minimum atomic E-state index is -0.618. The summed E-state index contributed by atoms with van der Waals surface area (Å²) >= 11 is 3.38. The summed E-state index contributed by atoms with van der Waals surface area (Å²) in [6, 6.07) is 0. The SMILES string of the molecule is CCCC(CCCCCCBr)C(=O)O. The van der Waals surface area contributed by atoms with Crippen LogP contribution in [0.3, 0.4) is 0 Å². The second-order valence-electron chi connectivity index (χ2n) is 3.72. The van der Waals surface area contributed by atoms with E-state index in [2.05, 4.69) is 15.9 Å². The van der Waals surface area contributed by atoms with E-state index in [1.165, 1.54) is 19.3 Å². The van der Waals surface area contributed by atoms with Crippen LogP contribution in [0.2, 0.25) is 0 Å². The molecule has 0 aliphatic carbocycles. The van der Waals surface area contributed by atoms with E-state index >= 15 is 0 Å². The molecule has 1 N–H and O–H groups in total. The molecule has 0 radical (unpaired) electrons. The van der Waals surface area contributed by atoms with E-state index in [9.17, 15) is 4.79 Å². The maximum Gasteiger partial charge on any atom is 0.306 e. The number of alkyl halides is 1. The molecule has 0 aromatic rings. The Balaban J connectivity index is 3.46. The fourth-order valence-electron chi connectivity index (χ4n) is 1.58. The molecule has 0 heterocycles. The molecule has 1 unspecified atom stereocenters. The summed E-state index contributed by atoms with van der Waals surface area (Å²) in [7, 11) is 0. The normalized spacial score (nSPS) is 12.7. The first-order valence-electron chi connectivity index (χ1n) is 5.51. The van der Waals surface area contributed by atoms with Gasteiger partial charge in [0, 0.05) is 5.33 Å². The minimum absolute atomic E-state index is 0.107. The van der Waals surface area contributed by atoms with E-state index in [1.54, 1.807) is 0 Å². The number of aliphatic carboxylic acids is 1. The maximum absolute atomic E-state index is 10.8. The molecule has 0 saturated carbocycles. The van der Waals surface area contributed by atoms with Gasteiger partial charge in [-0.1, -0.05) is 48.5 Å². The molecule has 1 atom stereocenters. The summed E-state index contributed by atoms with van der Waals surface area (Å²) in [4.78, 5) is 10.8. The molecule has 0 aromatic carbocycles. The number of halogens is 1. The van der Waals surface area contributed by atoms with E-state index in [4.69, 9.17) is 5.11 Å². The number of hydrogen-bond acceptors (Lipinski definition) is 1. The lowest BCUT2D eigenvalue weighted by Gasteiger charge is -2.10. The molecule has 0 rings (SSSR count). The average Bonchev–Trinajstić information content (AvgIpc) is 2.15. The summed E-state index contributed by atoms with van der Waals surface area (Å²) in [5.74, 6) is -0.726. The summed E-state index contributed by atoms with van der Waals surface area (Å²) in [6.07, 6.45) is 7.29. The molecule has 0 aromatic heterocycles. The van der Waals surface area contributed by atoms with Crippen molar-refractivity contribution >= 4 is 21.9 Å². The van der Waals surface area contributed by atoms with Gasteiger partial charge >= 0.3 is 5.97 Å². The third-order valence-electron chi connectivity index (χ3n) is 2.42. The summed E-state index contributed by atoms with van der Waals surface area (Å²) in [5.41, 5.74) is 0. The molecule has 0 amide bonds. The van der Waals surface area contributed by atoms with Crippen LogP contribution in [0.1, 0.15) is 51.9 Å². The Morgan fingerprint density at radius 1 is 1.21 bits per heavy atom. The Hall–Kier alpha value is -0.0500. The minimum Gasteiger partial charge on any atom is -0.481 e. The first kappa shape index (κ1) is 13.9. The van der Waals surface area contributed by atoms with Gasteiger partial charge in [0.25, 0.3) is 0 Å². The van der Waals surface area contributed by atoms with Crippen molar-refractivity contribution in [3.05, 3.63) is 0 Å². The van der Waals surface area contributed by atoms with Crippen LogP contribution in [0, 0.1) is 5.92 Å². The van der Waals surface area contributed by atoms with Crippen molar-refractivity contribution in [2.75, 3.05) is 5.33 Å². The zero-order valence-electron chi connectivity index (χ0n) is 8.97. The summed E-state index contributed by atoms with van der Waals surface area (Å²) in [6.45, 7) is 2.04. The Morgan fingerprint density at radius 3 is 2.36 bits per heavy atom. The topological polar surface area (TPSA) is 37.3 Å². The first-order valence-corrected chi connectivity index (χ1v) is 6.63. The number of carbonyl (C=O) groups is 1. The molecule has 0 bridgehead atoms. The molecule has 0 aliphatic rings. The lowest BCUT2D eigenvalue weighted by Crippen LogP contribution is -2.13. The highest BCUT2D eigenvalue weighted by atomic mass is 79.9. The lowest BCUT2D eigenvalue weighted by molar-refractivity contribution is -0.142. The zero-order valence-corrected chi connectivity index (χ0v) is 10.6. The van der Waals surface area contributed by atoms with Crippen LogP contribution in [0.15, 0.2) is 0 Å². The Bertz CT molecular complexity index is 148. The van der Waals surface area contributed by atoms with E-state index < -0.39 is 5.97 Å². The van der Waals surface area contributed by atoms with E-state index in [0.717, 1.165) is 31.0 Å². The van der Waals surface area contributed by atoms with Crippen molar-refractivity contribution in [2.45, 2.75) is 51.9 Å². The van der Waals surface area contributed by atoms with Gasteiger partial charge in [0.15, 0.2) is 0 Å². The highest BCUT2D eigenvalue weighted by Gasteiger charge is 2.14. The monoisotopic (exact) mass is 264 g/mol. The zero-order chi connectivity index (χ0) is 10.8. The van der Waals surface area contributed by atoms with Gasteiger partial charge in [-0.3, -0.25) is 4.79 Å². The molecule has 0 fully saturated rings. The van der Waals surface area contributed by atoms with Crippen LogP contribution in [0.5, 0.6) is 0 Å². The van der Waals surface area contributed by atoms with E-state index in [-0.39, 0.29) is 5.92 Å². The van der Waals surface area contributed by atoms with E-state index in [0.29, 0.717) is 0 Å². The lowest BCUT2D eigenvalue weighted by atomic mass is 9.96. The van der Waals surface area contributed by atoms with Crippen LogP contribution in [-0.2, 0) is 4.79 Å². The fourth-order valence-corrected chi connectivity index (χ4v) is 1.98. The van der Waals surface area contributed by atoms with Crippen molar-refractivity contribution in [1.82, 2.24) is 0 Å². The van der Waals surface area contributed by atoms with Crippen molar-refractivity contribution in [2.24, 2.45) is 5.92 Å². The van der Waals surface area contributed by atoms with Gasteiger partial charge in [-0.05, 0) is 19.3 Å². The van der Waals surface area contributed by atoms with Gasteiger partial charge in [0.1, 0.15) is 0 Å². The number of rotatable bonds is 9. The van der Waals surface area contributed by atoms with Gasteiger partial charge < -0.3 is 5.11 Å². The van der Waals surface area contributed by atoms with Crippen molar-refractivity contribution < 1.29 is 9.90 Å². The fraction of sp³-hybridized carbons (Fsp3) is 0.909. The van der Waals surface area contributed by atoms with Gasteiger partial charge in [-0.2, -0.15) is 0 Å². The second kappa shape index (κ2) is 9.50. The Labute approximate surface area is 95.2 Å². The molecule has 3 heteroatoms. The molecular weight excluding hydrogens is 244 g/mol. The smallest absolute Gasteiger partial charge is 0.306 e. The maximum atomic E-state index is 10.8. The number of hydrogen-bond donors (Lipinski definition) is 1. The Kier molecular flexibility index (Phi) is 9.47. The third-order valence-corrected chi connectivity index (χ3v) is 2.98. The third kappa shape index (κ3) is 7.36. The van der Waals surface area contributed by atoms with Crippen LogP contribution in [0.25, 0.3) is 0 Å². The van der Waals surface area contributed by atoms with Crippen molar-refractivity contribution in [3.63, 3.8) is 0 Å². The first-order chi connectivity index (χ1) is 6.72. The standard InChI is InChI=1S/C11H21BrO2/c1-2-7-10(11(13)14)8-5-3-4-6-9-12/h10H,2-9H2,1H3,(H,13,14). The van der Waals surface area contributed by atoms with Gasteiger partial charge in [-0.15, -0.1) is 0 Å². The molecule has 0 saturated heterocycles. The predicted molar refractivity (Wildman–Crippen MR) is 62.9 cm³/mol. The summed E-state index contributed by atoms with van der Waals surface area (Å²) in [5, 5.41) is 9.96. The number of carboxylic acid groups (broad SMARTS) is 1. The number of carboxylic acids is 1. The van der Waals surface area contributed by atoms with Crippen LogP contribution >= 0.6 is 15.9 Å². The highest BCUT2D eigenvalue weighted by Crippen LogP contribution is 2.16. The van der Waals surface area contributed by atoms with Crippen molar-refractivity contribution in [1.29, 1.82) is 0 Å². The van der Waals surface area contributed by atoms with Crippen LogP contribution < -0.4 is 0 Å². The molecular formula is C11H21BrO2. The molecule has 2 nitrogen and oxygen atoms in total. The van der Waals surface area contributed by atoms with Gasteiger partial charge in [-0.25, -0.2) is 0 Å². The van der Waals surface area contributed by atoms with Crippen LogP contribution in [-0.4, -0.2) is 16.4 Å². The van der Waals surface area contributed by atoms with Crippen molar-refractivity contribution in [3.8, 4) is 0 Å². The number of unbranched alkanes of at least 4 members (excludes halogenated alkanes) is 3. The van der Waals surface area contributed by atoms with Crippen LogP contribution in [0.4, 0.5) is 0 Å². The molecule has 0 spiro atoms. The largest absolute Gasteiger partial charge is 0.481 e. The molecule has 84 valence electrons. The Morgan fingerprint density at radius 2 is 1.86 bits per heavy atom. The highest BCUT2D eigenvalue weighted by molar-refractivity contribution is 9.09. The van der Waals surface area contributed by atoms with E-state index in [1.807, 2.05) is 6.92 Å². The second-order valence-corrected chi connectivity index (χ2v) is 4.51. The molecule has 14 heavy (non-hydrogen) atoms. The quantitative estimate of drug-likeness (QED) is 0.508. The summed E-state index contributed by atoms with van der Waals surface area (Å²) < 4.78 is 0. The van der Waals surface area contributed by atoms with Gasteiger partial charge in [0.2, 0.25) is 0 Å².